The summed E-state index contributed by atoms with van der Waals surface area (Å²) in [5.41, 5.74) is 0.860. The van der Waals surface area contributed by atoms with Crippen molar-refractivity contribution < 1.29 is 15.0 Å². The lowest BCUT2D eigenvalue weighted by molar-refractivity contribution is 0.0446. The van der Waals surface area contributed by atoms with Gasteiger partial charge >= 0.3 is 5.97 Å². The summed E-state index contributed by atoms with van der Waals surface area (Å²) in [5, 5.41) is 19.3. The lowest BCUT2D eigenvalue weighted by atomic mass is 9.94. The highest BCUT2D eigenvalue weighted by atomic mass is 16.4. The molecule has 0 aliphatic carbocycles. The molecule has 0 saturated carbocycles. The maximum atomic E-state index is 11.2. The molecule has 2 N–H and O–H groups in total. The standard InChI is InChI=1S/C13H18N2O3/c1-9-6-11(10(7-14-9)12(16)17)15-5-3-4-13(2,18)8-15/h6-7,18H,3-5,8H2,1-2H3,(H,16,17). The Morgan fingerprint density at radius 1 is 1.56 bits per heavy atom. The van der Waals surface area contributed by atoms with Gasteiger partial charge in [0.25, 0.3) is 0 Å². The van der Waals surface area contributed by atoms with Gasteiger partial charge in [0, 0.05) is 25.0 Å². The molecule has 1 saturated heterocycles. The first-order chi connectivity index (χ1) is 8.39. The topological polar surface area (TPSA) is 73.7 Å². The molecular weight excluding hydrogens is 232 g/mol. The van der Waals surface area contributed by atoms with Crippen molar-refractivity contribution in [3.05, 3.63) is 23.5 Å². The Labute approximate surface area is 106 Å². The quantitative estimate of drug-likeness (QED) is 0.830. The Bertz CT molecular complexity index is 471. The van der Waals surface area contributed by atoms with Gasteiger partial charge in [-0.25, -0.2) is 4.79 Å². The lowest BCUT2D eigenvalue weighted by Gasteiger charge is -2.38. The first-order valence-electron chi connectivity index (χ1n) is 6.06. The van der Waals surface area contributed by atoms with Crippen LogP contribution in [0.15, 0.2) is 12.3 Å². The fourth-order valence-corrected chi connectivity index (χ4v) is 2.40. The second-order valence-corrected chi connectivity index (χ2v) is 5.17. The number of pyridine rings is 1. The minimum absolute atomic E-state index is 0.193. The summed E-state index contributed by atoms with van der Waals surface area (Å²) in [6.45, 7) is 4.83. The van der Waals surface area contributed by atoms with Gasteiger partial charge < -0.3 is 15.1 Å². The van der Waals surface area contributed by atoms with Crippen LogP contribution in [0.1, 0.15) is 35.8 Å². The Morgan fingerprint density at radius 3 is 2.89 bits per heavy atom. The van der Waals surface area contributed by atoms with Crippen LogP contribution in [0.5, 0.6) is 0 Å². The number of piperidine rings is 1. The summed E-state index contributed by atoms with van der Waals surface area (Å²) in [7, 11) is 0. The average molecular weight is 250 g/mol. The van der Waals surface area contributed by atoms with Gasteiger partial charge in [-0.2, -0.15) is 0 Å². The Hall–Kier alpha value is -1.62. The second kappa shape index (κ2) is 4.57. The molecule has 1 aliphatic rings. The third-order valence-electron chi connectivity index (χ3n) is 3.26. The molecule has 1 aliphatic heterocycles. The lowest BCUT2D eigenvalue weighted by Crippen LogP contribution is -2.46. The van der Waals surface area contributed by atoms with Crippen LogP contribution >= 0.6 is 0 Å². The first-order valence-corrected chi connectivity index (χ1v) is 6.06. The van der Waals surface area contributed by atoms with Crippen LogP contribution < -0.4 is 4.90 Å². The molecule has 1 aromatic heterocycles. The SMILES string of the molecule is Cc1cc(N2CCCC(C)(O)C2)c(C(=O)O)cn1. The summed E-state index contributed by atoms with van der Waals surface area (Å²) in [4.78, 5) is 17.2. The molecule has 0 bridgehead atoms. The predicted octanol–water partition coefficient (Wildman–Crippen LogP) is 1.44. The maximum absolute atomic E-state index is 11.2. The third kappa shape index (κ3) is 2.61. The van der Waals surface area contributed by atoms with E-state index in [0.717, 1.165) is 25.1 Å². The van der Waals surface area contributed by atoms with Crippen molar-refractivity contribution in [1.29, 1.82) is 0 Å². The molecular formula is C13H18N2O3. The summed E-state index contributed by atoms with van der Waals surface area (Å²) >= 11 is 0. The van der Waals surface area contributed by atoms with Crippen molar-refractivity contribution >= 4 is 11.7 Å². The summed E-state index contributed by atoms with van der Waals surface area (Å²) < 4.78 is 0. The molecule has 18 heavy (non-hydrogen) atoms. The van der Waals surface area contributed by atoms with E-state index in [1.165, 1.54) is 6.20 Å². The fraction of sp³-hybridized carbons (Fsp3) is 0.538. The number of aromatic nitrogens is 1. The van der Waals surface area contributed by atoms with Crippen LogP contribution in [0.2, 0.25) is 0 Å². The van der Waals surface area contributed by atoms with Crippen LogP contribution in [0.25, 0.3) is 0 Å². The zero-order chi connectivity index (χ0) is 13.3. The molecule has 1 atom stereocenters. The number of aryl methyl sites for hydroxylation is 1. The van der Waals surface area contributed by atoms with Crippen molar-refractivity contribution in [1.82, 2.24) is 4.98 Å². The Morgan fingerprint density at radius 2 is 2.28 bits per heavy atom. The minimum atomic E-state index is -0.984. The Kier molecular flexibility index (Phi) is 3.26. The number of aromatic carboxylic acids is 1. The molecule has 98 valence electrons. The molecule has 0 radical (unpaired) electrons. The number of nitrogens with zero attached hydrogens (tertiary/aromatic N) is 2. The second-order valence-electron chi connectivity index (χ2n) is 5.17. The van der Waals surface area contributed by atoms with Crippen molar-refractivity contribution in [3.63, 3.8) is 0 Å². The molecule has 5 heteroatoms. The molecule has 5 nitrogen and oxygen atoms in total. The number of β-amino-alcohol motifs (C(OH)–C–C–N with tert-alkyl or cyclic N) is 1. The predicted molar refractivity (Wildman–Crippen MR) is 68.0 cm³/mol. The van der Waals surface area contributed by atoms with Gasteiger partial charge in [0.2, 0.25) is 0 Å². The number of carboxylic acids is 1. The monoisotopic (exact) mass is 250 g/mol. The van der Waals surface area contributed by atoms with E-state index >= 15 is 0 Å². The first kappa shape index (κ1) is 12.8. The van der Waals surface area contributed by atoms with Gasteiger partial charge in [-0.1, -0.05) is 0 Å². The molecule has 0 aromatic carbocycles. The van der Waals surface area contributed by atoms with E-state index < -0.39 is 11.6 Å². The van der Waals surface area contributed by atoms with Gasteiger partial charge in [0.15, 0.2) is 0 Å². The van der Waals surface area contributed by atoms with E-state index in [2.05, 4.69) is 4.98 Å². The zero-order valence-electron chi connectivity index (χ0n) is 10.7. The number of rotatable bonds is 2. The molecule has 0 amide bonds. The van der Waals surface area contributed by atoms with E-state index in [-0.39, 0.29) is 5.56 Å². The van der Waals surface area contributed by atoms with E-state index in [0.29, 0.717) is 12.2 Å². The van der Waals surface area contributed by atoms with Crippen molar-refractivity contribution in [2.24, 2.45) is 0 Å². The average Bonchev–Trinajstić information content (AvgIpc) is 2.27. The van der Waals surface area contributed by atoms with Crippen LogP contribution in [0, 0.1) is 6.92 Å². The van der Waals surface area contributed by atoms with Crippen LogP contribution in [-0.2, 0) is 0 Å². The van der Waals surface area contributed by atoms with Crippen molar-refractivity contribution in [2.45, 2.75) is 32.3 Å². The largest absolute Gasteiger partial charge is 0.478 e. The van der Waals surface area contributed by atoms with Crippen LogP contribution in [0.3, 0.4) is 0 Å². The molecule has 1 unspecified atom stereocenters. The van der Waals surface area contributed by atoms with Gasteiger partial charge in [0.05, 0.1) is 11.3 Å². The number of carboxylic acid groups (broad SMARTS) is 1. The normalized spacial score (nSPS) is 24.1. The van der Waals surface area contributed by atoms with E-state index in [4.69, 9.17) is 0 Å². The van der Waals surface area contributed by atoms with Gasteiger partial charge in [0.1, 0.15) is 5.56 Å². The smallest absolute Gasteiger partial charge is 0.339 e. The maximum Gasteiger partial charge on any atom is 0.339 e. The molecule has 2 rings (SSSR count). The number of aliphatic hydroxyl groups is 1. The molecule has 0 spiro atoms. The molecule has 2 heterocycles. The van der Waals surface area contributed by atoms with Gasteiger partial charge in [-0.15, -0.1) is 0 Å². The van der Waals surface area contributed by atoms with E-state index in [1.54, 1.807) is 13.0 Å². The van der Waals surface area contributed by atoms with Crippen molar-refractivity contribution in [2.75, 3.05) is 18.0 Å². The summed E-state index contributed by atoms with van der Waals surface area (Å²) in [5.74, 6) is -0.984. The van der Waals surface area contributed by atoms with Gasteiger partial charge in [-0.05, 0) is 32.8 Å². The van der Waals surface area contributed by atoms with Crippen molar-refractivity contribution in [3.8, 4) is 0 Å². The molecule has 1 fully saturated rings. The number of carbonyl (C=O) groups is 1. The zero-order valence-corrected chi connectivity index (χ0v) is 10.7. The Balaban J connectivity index is 2.37. The number of anilines is 1. The number of hydrogen-bond donors (Lipinski definition) is 2. The van der Waals surface area contributed by atoms with Crippen LogP contribution in [-0.4, -0.2) is 39.9 Å². The van der Waals surface area contributed by atoms with E-state index in [9.17, 15) is 15.0 Å². The van der Waals surface area contributed by atoms with E-state index in [1.807, 2.05) is 11.8 Å². The van der Waals surface area contributed by atoms with Gasteiger partial charge in [-0.3, -0.25) is 4.98 Å². The summed E-state index contributed by atoms with van der Waals surface area (Å²) in [6, 6.07) is 1.77. The number of hydrogen-bond acceptors (Lipinski definition) is 4. The fourth-order valence-electron chi connectivity index (χ4n) is 2.40. The highest BCUT2D eigenvalue weighted by Crippen LogP contribution is 2.28. The minimum Gasteiger partial charge on any atom is -0.478 e. The van der Waals surface area contributed by atoms with Crippen LogP contribution in [0.4, 0.5) is 5.69 Å². The third-order valence-corrected chi connectivity index (χ3v) is 3.26. The molecule has 1 aromatic rings. The highest BCUT2D eigenvalue weighted by molar-refractivity contribution is 5.94. The summed E-state index contributed by atoms with van der Waals surface area (Å²) in [6.07, 6.45) is 2.99. The highest BCUT2D eigenvalue weighted by Gasteiger charge is 2.30.